The molecule has 26 heavy (non-hydrogen) atoms. The first kappa shape index (κ1) is 19.1. The van der Waals surface area contributed by atoms with Crippen LogP contribution >= 0.6 is 9.39 Å². The second-order valence-corrected chi connectivity index (χ2v) is 8.87. The lowest BCUT2D eigenvalue weighted by Gasteiger charge is -2.27. The fourth-order valence-electron chi connectivity index (χ4n) is 2.97. The van der Waals surface area contributed by atoms with Crippen molar-refractivity contribution >= 4 is 25.1 Å². The standard InChI is InChI=1S/C19H24N3O2PS/c1-15-9-11-18(12-10-15)26(23,24)21-20-19(16-6-3-2-4-7-16)17-8-5-13-22(25)14-17/h2-4,6-7,9-12,20-21H,5,8,13-14,25H2,1H3/b19-17-. The van der Waals surface area contributed by atoms with Crippen molar-refractivity contribution in [3.63, 3.8) is 0 Å². The number of nitrogens with zero attached hydrogens (tertiary/aromatic N) is 1. The van der Waals surface area contributed by atoms with Crippen molar-refractivity contribution in [2.24, 2.45) is 0 Å². The quantitative estimate of drug-likeness (QED) is 0.610. The minimum absolute atomic E-state index is 0.240. The topological polar surface area (TPSA) is 61.4 Å². The maximum absolute atomic E-state index is 12.6. The Bertz CT molecular complexity index is 881. The van der Waals surface area contributed by atoms with Gasteiger partial charge in [-0.1, -0.05) is 57.4 Å². The summed E-state index contributed by atoms with van der Waals surface area (Å²) in [5.41, 5.74) is 6.98. The molecule has 5 nitrogen and oxygen atoms in total. The molecule has 1 heterocycles. The van der Waals surface area contributed by atoms with E-state index < -0.39 is 10.0 Å². The average molecular weight is 389 g/mol. The molecule has 1 fully saturated rings. The number of aryl methyl sites for hydroxylation is 1. The van der Waals surface area contributed by atoms with E-state index >= 15 is 0 Å². The van der Waals surface area contributed by atoms with E-state index in [-0.39, 0.29) is 4.90 Å². The summed E-state index contributed by atoms with van der Waals surface area (Å²) in [7, 11) is -0.918. The van der Waals surface area contributed by atoms with E-state index in [1.165, 1.54) is 5.57 Å². The van der Waals surface area contributed by atoms with Crippen LogP contribution in [0.1, 0.15) is 24.0 Å². The van der Waals surface area contributed by atoms with E-state index in [1.54, 1.807) is 24.3 Å². The normalized spacial score (nSPS) is 17.8. The molecule has 1 unspecified atom stereocenters. The van der Waals surface area contributed by atoms with Crippen molar-refractivity contribution in [3.8, 4) is 0 Å². The predicted molar refractivity (Wildman–Crippen MR) is 109 cm³/mol. The molecule has 1 atom stereocenters. The Balaban J connectivity index is 1.87. The Morgan fingerprint density at radius 3 is 2.42 bits per heavy atom. The maximum Gasteiger partial charge on any atom is 0.257 e. The van der Waals surface area contributed by atoms with Gasteiger partial charge in [0.05, 0.1) is 10.6 Å². The molecular weight excluding hydrogens is 365 g/mol. The number of rotatable bonds is 5. The van der Waals surface area contributed by atoms with E-state index in [4.69, 9.17) is 0 Å². The number of benzene rings is 2. The van der Waals surface area contributed by atoms with Gasteiger partial charge < -0.3 is 5.43 Å². The first-order valence-corrected chi connectivity index (χ1v) is 10.6. The lowest BCUT2D eigenvalue weighted by Crippen LogP contribution is -2.37. The summed E-state index contributed by atoms with van der Waals surface area (Å²) >= 11 is 0. The second-order valence-electron chi connectivity index (χ2n) is 6.46. The van der Waals surface area contributed by atoms with Crippen molar-refractivity contribution in [1.29, 1.82) is 0 Å². The number of nitrogens with one attached hydrogen (secondary N) is 2. The van der Waals surface area contributed by atoms with Gasteiger partial charge in [-0.2, -0.15) is 0 Å². The van der Waals surface area contributed by atoms with Gasteiger partial charge >= 0.3 is 0 Å². The Labute approximate surface area is 157 Å². The fourth-order valence-corrected chi connectivity index (χ4v) is 4.22. The molecule has 3 rings (SSSR count). The summed E-state index contributed by atoms with van der Waals surface area (Å²) in [6.07, 6.45) is 1.98. The molecule has 138 valence electrons. The highest BCUT2D eigenvalue weighted by atomic mass is 32.2. The zero-order valence-electron chi connectivity index (χ0n) is 14.8. The van der Waals surface area contributed by atoms with Crippen LogP contribution in [0.4, 0.5) is 0 Å². The van der Waals surface area contributed by atoms with Gasteiger partial charge in [0, 0.05) is 13.1 Å². The van der Waals surface area contributed by atoms with Gasteiger partial charge in [-0.3, -0.25) is 4.67 Å². The van der Waals surface area contributed by atoms with E-state index in [1.807, 2.05) is 37.3 Å². The fraction of sp³-hybridized carbons (Fsp3) is 0.263. The molecule has 1 saturated heterocycles. The van der Waals surface area contributed by atoms with E-state index in [0.29, 0.717) is 0 Å². The van der Waals surface area contributed by atoms with Crippen LogP contribution in [0, 0.1) is 6.92 Å². The van der Waals surface area contributed by atoms with Crippen LogP contribution in [0.3, 0.4) is 0 Å². The molecule has 0 amide bonds. The maximum atomic E-state index is 12.6. The van der Waals surface area contributed by atoms with E-state index in [2.05, 4.69) is 24.3 Å². The molecule has 7 heteroatoms. The zero-order chi connectivity index (χ0) is 18.6. The van der Waals surface area contributed by atoms with Crippen LogP contribution in [0.2, 0.25) is 0 Å². The summed E-state index contributed by atoms with van der Waals surface area (Å²) < 4.78 is 27.4. The number of hydrogen-bond donors (Lipinski definition) is 2. The van der Waals surface area contributed by atoms with Crippen LogP contribution in [0.25, 0.3) is 5.70 Å². The molecule has 0 aromatic heterocycles. The summed E-state index contributed by atoms with van der Waals surface area (Å²) in [5.74, 6) is 0. The molecule has 0 bridgehead atoms. The molecular formula is C19H24N3O2PS. The highest BCUT2D eigenvalue weighted by Gasteiger charge is 2.19. The Hall–Kier alpha value is -1.72. The minimum atomic E-state index is -3.65. The Morgan fingerprint density at radius 1 is 1.08 bits per heavy atom. The van der Waals surface area contributed by atoms with Crippen molar-refractivity contribution in [3.05, 3.63) is 71.3 Å². The van der Waals surface area contributed by atoms with Gasteiger partial charge in [0.25, 0.3) is 10.0 Å². The van der Waals surface area contributed by atoms with Gasteiger partial charge in [-0.15, -0.1) is 4.83 Å². The molecule has 0 aliphatic carbocycles. The van der Waals surface area contributed by atoms with Gasteiger partial charge in [0.2, 0.25) is 0 Å². The highest BCUT2D eigenvalue weighted by molar-refractivity contribution is 7.89. The molecule has 2 aromatic rings. The van der Waals surface area contributed by atoms with Gasteiger partial charge in [-0.05, 0) is 43.0 Å². The van der Waals surface area contributed by atoms with Crippen LogP contribution < -0.4 is 10.3 Å². The largest absolute Gasteiger partial charge is 0.307 e. The van der Waals surface area contributed by atoms with Crippen LogP contribution in [-0.2, 0) is 10.0 Å². The van der Waals surface area contributed by atoms with Crippen LogP contribution in [0.5, 0.6) is 0 Å². The summed E-state index contributed by atoms with van der Waals surface area (Å²) in [6, 6.07) is 16.6. The Kier molecular flexibility index (Phi) is 6.09. The molecule has 0 spiro atoms. The monoisotopic (exact) mass is 389 g/mol. The van der Waals surface area contributed by atoms with Crippen molar-refractivity contribution in [1.82, 2.24) is 14.9 Å². The Morgan fingerprint density at radius 2 is 1.77 bits per heavy atom. The number of hydrogen-bond acceptors (Lipinski definition) is 4. The molecule has 0 saturated carbocycles. The van der Waals surface area contributed by atoms with Crippen LogP contribution in [0.15, 0.2) is 65.1 Å². The van der Waals surface area contributed by atoms with Crippen molar-refractivity contribution in [2.45, 2.75) is 24.7 Å². The van der Waals surface area contributed by atoms with Crippen molar-refractivity contribution in [2.75, 3.05) is 13.1 Å². The SMILES string of the molecule is Cc1ccc(S(=O)(=O)NN/C(=C2/CCCN(P)C2)c2ccccc2)cc1. The van der Waals surface area contributed by atoms with E-state index in [9.17, 15) is 8.42 Å². The number of sulfonamides is 1. The summed E-state index contributed by atoms with van der Waals surface area (Å²) in [4.78, 5) is 2.78. The van der Waals surface area contributed by atoms with Gasteiger partial charge in [0.15, 0.2) is 0 Å². The number of piperidine rings is 1. The molecule has 0 radical (unpaired) electrons. The van der Waals surface area contributed by atoms with Gasteiger partial charge in [0.1, 0.15) is 0 Å². The highest BCUT2D eigenvalue weighted by Crippen LogP contribution is 2.25. The van der Waals surface area contributed by atoms with E-state index in [0.717, 1.165) is 42.8 Å². The smallest absolute Gasteiger partial charge is 0.257 e. The third kappa shape index (κ3) is 4.71. The molecule has 1 aliphatic rings. The van der Waals surface area contributed by atoms with Crippen molar-refractivity contribution < 1.29 is 8.42 Å². The second kappa shape index (κ2) is 8.31. The summed E-state index contributed by atoms with van der Waals surface area (Å²) in [6.45, 7) is 3.73. The first-order valence-electron chi connectivity index (χ1n) is 8.57. The van der Waals surface area contributed by atoms with Gasteiger partial charge in [-0.25, -0.2) is 8.42 Å². The molecule has 2 N–H and O–H groups in total. The third-order valence-corrected chi connectivity index (χ3v) is 6.08. The molecule has 2 aromatic carbocycles. The lowest BCUT2D eigenvalue weighted by atomic mass is 10.00. The lowest BCUT2D eigenvalue weighted by molar-refractivity contribution is 0.441. The van der Waals surface area contributed by atoms with Crippen LogP contribution in [-0.4, -0.2) is 26.2 Å². The predicted octanol–water partition coefficient (Wildman–Crippen LogP) is 3.08. The first-order chi connectivity index (χ1) is 12.5. The zero-order valence-corrected chi connectivity index (χ0v) is 16.7. The minimum Gasteiger partial charge on any atom is -0.307 e. The average Bonchev–Trinajstić information content (AvgIpc) is 2.63. The third-order valence-electron chi connectivity index (χ3n) is 4.38. The number of hydrazine groups is 1. The molecule has 1 aliphatic heterocycles. The summed E-state index contributed by atoms with van der Waals surface area (Å²) in [5, 5.41) is 0.